The molecule has 5 nitrogen and oxygen atoms in total. The first-order valence-corrected chi connectivity index (χ1v) is 4.57. The summed E-state index contributed by atoms with van der Waals surface area (Å²) in [6.45, 7) is 5.97. The zero-order chi connectivity index (χ0) is 10.7. The molecule has 1 aromatic heterocycles. The van der Waals surface area contributed by atoms with Crippen LogP contribution in [0, 0.1) is 0 Å². The van der Waals surface area contributed by atoms with Gasteiger partial charge in [0.1, 0.15) is 5.69 Å². The van der Waals surface area contributed by atoms with Crippen molar-refractivity contribution in [3.63, 3.8) is 0 Å². The first kappa shape index (κ1) is 10.6. The summed E-state index contributed by atoms with van der Waals surface area (Å²) in [4.78, 5) is 15.3. The topological polar surface area (TPSA) is 70.1 Å². The van der Waals surface area contributed by atoms with Crippen molar-refractivity contribution in [2.45, 2.75) is 26.8 Å². The minimum atomic E-state index is -0.384. The Hall–Kier alpha value is -1.52. The van der Waals surface area contributed by atoms with Crippen molar-refractivity contribution in [2.24, 2.45) is 0 Å². The third kappa shape index (κ3) is 1.86. The molecule has 0 aliphatic carbocycles. The van der Waals surface area contributed by atoms with Gasteiger partial charge in [0.05, 0.1) is 12.8 Å². The fourth-order valence-corrected chi connectivity index (χ4v) is 1.27. The number of carbonyl (C=O) groups excluding carboxylic acids is 1. The third-order valence-electron chi connectivity index (χ3n) is 1.83. The fraction of sp³-hybridized carbons (Fsp3) is 0.556. The zero-order valence-corrected chi connectivity index (χ0v) is 8.65. The van der Waals surface area contributed by atoms with Gasteiger partial charge >= 0.3 is 5.97 Å². The molecule has 0 bridgehead atoms. The van der Waals surface area contributed by atoms with Crippen LogP contribution >= 0.6 is 0 Å². The summed E-state index contributed by atoms with van der Waals surface area (Å²) in [5.41, 5.74) is 6.02. The number of anilines is 1. The Kier molecular flexibility index (Phi) is 3.11. The van der Waals surface area contributed by atoms with E-state index >= 15 is 0 Å². The molecule has 78 valence electrons. The van der Waals surface area contributed by atoms with Gasteiger partial charge < -0.3 is 15.0 Å². The Morgan fingerprint density at radius 1 is 1.71 bits per heavy atom. The van der Waals surface area contributed by atoms with Crippen LogP contribution in [0.15, 0.2) is 6.20 Å². The van der Waals surface area contributed by atoms with Gasteiger partial charge in [0.2, 0.25) is 5.95 Å². The van der Waals surface area contributed by atoms with Crippen molar-refractivity contribution in [1.29, 1.82) is 0 Å². The molecule has 0 aliphatic rings. The van der Waals surface area contributed by atoms with E-state index < -0.39 is 0 Å². The van der Waals surface area contributed by atoms with E-state index in [1.807, 2.05) is 13.8 Å². The number of ether oxygens (including phenoxy) is 1. The quantitative estimate of drug-likeness (QED) is 0.740. The van der Waals surface area contributed by atoms with Crippen LogP contribution in [0.3, 0.4) is 0 Å². The summed E-state index contributed by atoms with van der Waals surface area (Å²) in [5.74, 6) is -0.0477. The second kappa shape index (κ2) is 4.13. The highest BCUT2D eigenvalue weighted by Gasteiger charge is 2.17. The smallest absolute Gasteiger partial charge is 0.356 e. The number of hydrogen-bond acceptors (Lipinski definition) is 4. The van der Waals surface area contributed by atoms with Crippen molar-refractivity contribution >= 4 is 11.9 Å². The second-order valence-electron chi connectivity index (χ2n) is 3.19. The van der Waals surface area contributed by atoms with E-state index in [4.69, 9.17) is 10.5 Å². The molecule has 1 heterocycles. The van der Waals surface area contributed by atoms with Crippen molar-refractivity contribution in [2.75, 3.05) is 12.3 Å². The number of nitrogens with two attached hydrogens (primary N) is 1. The molecule has 0 aromatic carbocycles. The van der Waals surface area contributed by atoms with Crippen LogP contribution in [0.2, 0.25) is 0 Å². The highest BCUT2D eigenvalue weighted by atomic mass is 16.5. The van der Waals surface area contributed by atoms with Crippen molar-refractivity contribution < 1.29 is 9.53 Å². The minimum absolute atomic E-state index is 0.0944. The zero-order valence-electron chi connectivity index (χ0n) is 8.65. The van der Waals surface area contributed by atoms with Crippen LogP contribution in [-0.2, 0) is 4.74 Å². The Morgan fingerprint density at radius 3 is 2.86 bits per heavy atom. The Bertz CT molecular complexity index is 331. The lowest BCUT2D eigenvalue weighted by Gasteiger charge is -2.12. The van der Waals surface area contributed by atoms with Crippen LogP contribution in [0.5, 0.6) is 0 Å². The van der Waals surface area contributed by atoms with Crippen LogP contribution in [0.4, 0.5) is 5.95 Å². The second-order valence-corrected chi connectivity index (χ2v) is 3.19. The number of rotatable bonds is 3. The maximum absolute atomic E-state index is 11.4. The molecule has 0 radical (unpaired) electrons. The van der Waals surface area contributed by atoms with E-state index in [-0.39, 0.29) is 12.0 Å². The van der Waals surface area contributed by atoms with Gasteiger partial charge in [0.15, 0.2) is 0 Å². The van der Waals surface area contributed by atoms with Gasteiger partial charge in [-0.25, -0.2) is 9.78 Å². The van der Waals surface area contributed by atoms with Gasteiger partial charge in [0, 0.05) is 6.04 Å². The molecule has 0 amide bonds. The number of carbonyl (C=O) groups is 1. The van der Waals surface area contributed by atoms with E-state index in [2.05, 4.69) is 4.98 Å². The summed E-state index contributed by atoms with van der Waals surface area (Å²) in [5, 5.41) is 0. The lowest BCUT2D eigenvalue weighted by Crippen LogP contribution is -2.15. The third-order valence-corrected chi connectivity index (χ3v) is 1.83. The average Bonchev–Trinajstić information content (AvgIpc) is 2.47. The van der Waals surface area contributed by atoms with E-state index in [0.717, 1.165) is 0 Å². The lowest BCUT2D eigenvalue weighted by atomic mass is 10.3. The highest BCUT2D eigenvalue weighted by molar-refractivity contribution is 5.88. The molecule has 0 unspecified atom stereocenters. The largest absolute Gasteiger partial charge is 0.461 e. The van der Waals surface area contributed by atoms with Gasteiger partial charge in [-0.1, -0.05) is 0 Å². The van der Waals surface area contributed by atoms with Gasteiger partial charge in [-0.15, -0.1) is 0 Å². The number of aromatic nitrogens is 2. The Morgan fingerprint density at radius 2 is 2.36 bits per heavy atom. The van der Waals surface area contributed by atoms with Crippen LogP contribution in [0.25, 0.3) is 0 Å². The molecule has 0 saturated heterocycles. The molecule has 1 aromatic rings. The molecule has 0 saturated carbocycles. The van der Waals surface area contributed by atoms with Gasteiger partial charge in [-0.05, 0) is 20.8 Å². The molecule has 0 atom stereocenters. The Balaban J connectivity index is 3.02. The maximum atomic E-state index is 11.4. The normalized spacial score (nSPS) is 10.6. The lowest BCUT2D eigenvalue weighted by molar-refractivity contribution is 0.0512. The summed E-state index contributed by atoms with van der Waals surface area (Å²) in [7, 11) is 0. The molecule has 14 heavy (non-hydrogen) atoms. The van der Waals surface area contributed by atoms with Crippen molar-refractivity contribution in [1.82, 2.24) is 9.55 Å². The number of hydrogen-bond donors (Lipinski definition) is 1. The molecule has 0 fully saturated rings. The highest BCUT2D eigenvalue weighted by Crippen LogP contribution is 2.15. The van der Waals surface area contributed by atoms with Crippen LogP contribution in [0.1, 0.15) is 37.3 Å². The summed E-state index contributed by atoms with van der Waals surface area (Å²) >= 11 is 0. The first-order chi connectivity index (χ1) is 6.57. The predicted octanol–water partition coefficient (Wildman–Crippen LogP) is 1.22. The maximum Gasteiger partial charge on any atom is 0.356 e. The van der Waals surface area contributed by atoms with Gasteiger partial charge in [-0.3, -0.25) is 0 Å². The van der Waals surface area contributed by atoms with Gasteiger partial charge in [0.25, 0.3) is 0 Å². The van der Waals surface area contributed by atoms with E-state index in [1.54, 1.807) is 11.5 Å². The summed E-state index contributed by atoms with van der Waals surface area (Å²) < 4.78 is 6.53. The Labute approximate surface area is 82.9 Å². The van der Waals surface area contributed by atoms with Gasteiger partial charge in [-0.2, -0.15) is 0 Å². The van der Waals surface area contributed by atoms with E-state index in [9.17, 15) is 4.79 Å². The number of imidazole rings is 1. The predicted molar refractivity (Wildman–Crippen MR) is 53.0 cm³/mol. The summed E-state index contributed by atoms with van der Waals surface area (Å²) in [6.07, 6.45) is 1.44. The molecule has 2 N–H and O–H groups in total. The molecular weight excluding hydrogens is 182 g/mol. The fourth-order valence-electron chi connectivity index (χ4n) is 1.27. The van der Waals surface area contributed by atoms with Crippen molar-refractivity contribution in [3.8, 4) is 0 Å². The molecule has 0 spiro atoms. The average molecular weight is 197 g/mol. The van der Waals surface area contributed by atoms with Crippen molar-refractivity contribution in [3.05, 3.63) is 11.9 Å². The van der Waals surface area contributed by atoms with Crippen LogP contribution in [-0.4, -0.2) is 22.1 Å². The number of nitrogens with zero attached hydrogens (tertiary/aromatic N) is 2. The molecule has 0 aliphatic heterocycles. The minimum Gasteiger partial charge on any atom is -0.461 e. The number of esters is 1. The first-order valence-electron chi connectivity index (χ1n) is 4.57. The van der Waals surface area contributed by atoms with E-state index in [0.29, 0.717) is 18.2 Å². The van der Waals surface area contributed by atoms with E-state index in [1.165, 1.54) is 6.20 Å². The molecule has 5 heteroatoms. The SMILES string of the molecule is CCOC(=O)c1cnc(N)n1C(C)C. The summed E-state index contributed by atoms with van der Waals surface area (Å²) in [6, 6.07) is 0.0944. The molecule has 1 rings (SSSR count). The molecular formula is C9H15N3O2. The number of nitrogen functional groups attached to an aromatic ring is 1. The standard InChI is InChI=1S/C9H15N3O2/c1-4-14-8(13)7-5-11-9(10)12(7)6(2)3/h5-6H,4H2,1-3H3,(H2,10,11). The van der Waals surface area contributed by atoms with Crippen LogP contribution < -0.4 is 5.73 Å². The monoisotopic (exact) mass is 197 g/mol.